The molecule has 0 aliphatic carbocycles. The number of ether oxygens (including phenoxy) is 2. The number of amides is 1. The van der Waals surface area contributed by atoms with Gasteiger partial charge in [-0.2, -0.15) is 0 Å². The highest BCUT2D eigenvalue weighted by Crippen LogP contribution is 2.41. The molecule has 0 N–H and O–H groups in total. The van der Waals surface area contributed by atoms with Gasteiger partial charge in [0, 0.05) is 18.7 Å². The van der Waals surface area contributed by atoms with Crippen LogP contribution in [0.2, 0.25) is 0 Å². The first-order valence-corrected chi connectivity index (χ1v) is 8.65. The maximum atomic E-state index is 12.3. The average Bonchev–Trinajstić information content (AvgIpc) is 3.01. The molecule has 0 aromatic heterocycles. The standard InChI is InChI=1S/C16H21NO3S/c1-2-3-4-15(18)17-7-10-21-16(17)12-5-6-13-14(11-12)20-9-8-19-13/h5-6,11,16H,2-4,7-10H2,1H3/t16-/m1/s1. The fourth-order valence-electron chi connectivity index (χ4n) is 2.69. The van der Waals surface area contributed by atoms with Crippen LogP contribution in [0.15, 0.2) is 18.2 Å². The number of rotatable bonds is 4. The molecule has 2 heterocycles. The lowest BCUT2D eigenvalue weighted by molar-refractivity contribution is -0.131. The van der Waals surface area contributed by atoms with Gasteiger partial charge in [0.25, 0.3) is 0 Å². The highest BCUT2D eigenvalue weighted by atomic mass is 32.2. The van der Waals surface area contributed by atoms with Crippen LogP contribution in [-0.2, 0) is 4.79 Å². The second kappa shape index (κ2) is 6.60. The van der Waals surface area contributed by atoms with Crippen LogP contribution in [0.4, 0.5) is 0 Å². The van der Waals surface area contributed by atoms with Crippen molar-refractivity contribution in [1.29, 1.82) is 0 Å². The first-order chi connectivity index (χ1) is 10.3. The number of unbranched alkanes of at least 4 members (excludes halogenated alkanes) is 1. The summed E-state index contributed by atoms with van der Waals surface area (Å²) < 4.78 is 11.2. The van der Waals surface area contributed by atoms with E-state index in [-0.39, 0.29) is 11.3 Å². The first-order valence-electron chi connectivity index (χ1n) is 7.60. The Hall–Kier alpha value is -1.36. The summed E-state index contributed by atoms with van der Waals surface area (Å²) in [5.74, 6) is 2.86. The van der Waals surface area contributed by atoms with Crippen molar-refractivity contribution in [2.45, 2.75) is 31.6 Å². The number of thioether (sulfide) groups is 1. The highest BCUT2D eigenvalue weighted by molar-refractivity contribution is 7.99. The van der Waals surface area contributed by atoms with Gasteiger partial charge in [0.2, 0.25) is 5.91 Å². The molecule has 1 atom stereocenters. The van der Waals surface area contributed by atoms with E-state index in [0.29, 0.717) is 19.6 Å². The second-order valence-corrected chi connectivity index (χ2v) is 6.51. The van der Waals surface area contributed by atoms with E-state index in [9.17, 15) is 4.79 Å². The van der Waals surface area contributed by atoms with E-state index in [4.69, 9.17) is 9.47 Å². The van der Waals surface area contributed by atoms with Crippen LogP contribution < -0.4 is 9.47 Å². The summed E-state index contributed by atoms with van der Waals surface area (Å²) in [6, 6.07) is 6.03. The van der Waals surface area contributed by atoms with Crippen molar-refractivity contribution in [2.24, 2.45) is 0 Å². The van der Waals surface area contributed by atoms with Crippen LogP contribution in [0, 0.1) is 0 Å². The fourth-order valence-corrected chi connectivity index (χ4v) is 3.95. The van der Waals surface area contributed by atoms with Gasteiger partial charge in [-0.25, -0.2) is 0 Å². The molecule has 21 heavy (non-hydrogen) atoms. The maximum Gasteiger partial charge on any atom is 0.223 e. The third-order valence-corrected chi connectivity index (χ3v) is 5.07. The van der Waals surface area contributed by atoms with Gasteiger partial charge in [-0.1, -0.05) is 19.4 Å². The molecular weight excluding hydrogens is 286 g/mol. The van der Waals surface area contributed by atoms with Crippen LogP contribution in [-0.4, -0.2) is 36.3 Å². The summed E-state index contributed by atoms with van der Waals surface area (Å²) >= 11 is 1.82. The number of benzene rings is 1. The Morgan fingerprint density at radius 2 is 2.14 bits per heavy atom. The molecule has 2 aliphatic heterocycles. The van der Waals surface area contributed by atoms with Gasteiger partial charge in [0.1, 0.15) is 18.6 Å². The Morgan fingerprint density at radius 1 is 1.33 bits per heavy atom. The van der Waals surface area contributed by atoms with E-state index >= 15 is 0 Å². The Balaban J connectivity index is 1.77. The zero-order valence-corrected chi connectivity index (χ0v) is 13.2. The fraction of sp³-hybridized carbons (Fsp3) is 0.562. The molecule has 1 saturated heterocycles. The van der Waals surface area contributed by atoms with E-state index in [1.54, 1.807) is 0 Å². The van der Waals surface area contributed by atoms with Gasteiger partial charge < -0.3 is 14.4 Å². The topological polar surface area (TPSA) is 38.8 Å². The third-order valence-electron chi connectivity index (χ3n) is 3.81. The molecule has 0 bridgehead atoms. The number of hydrogen-bond donors (Lipinski definition) is 0. The molecule has 0 radical (unpaired) electrons. The molecule has 5 heteroatoms. The SMILES string of the molecule is CCCCC(=O)N1CCS[C@@H]1c1ccc2c(c1)OCCO2. The van der Waals surface area contributed by atoms with E-state index in [1.807, 2.05) is 28.8 Å². The molecule has 0 unspecified atom stereocenters. The number of carbonyl (C=O) groups excluding carboxylic acids is 1. The minimum Gasteiger partial charge on any atom is -0.486 e. The molecule has 1 amide bonds. The van der Waals surface area contributed by atoms with Crippen LogP contribution in [0.25, 0.3) is 0 Å². The molecule has 1 aromatic rings. The van der Waals surface area contributed by atoms with Gasteiger partial charge in [-0.3, -0.25) is 4.79 Å². The summed E-state index contributed by atoms with van der Waals surface area (Å²) in [7, 11) is 0. The Bertz CT molecular complexity index is 520. The number of fused-ring (bicyclic) bond motifs is 1. The van der Waals surface area contributed by atoms with Gasteiger partial charge in [0.15, 0.2) is 11.5 Å². The normalized spacial score (nSPS) is 20.6. The number of carbonyl (C=O) groups is 1. The van der Waals surface area contributed by atoms with Crippen molar-refractivity contribution in [3.05, 3.63) is 23.8 Å². The quantitative estimate of drug-likeness (QED) is 0.856. The summed E-state index contributed by atoms with van der Waals surface area (Å²) in [4.78, 5) is 14.3. The zero-order chi connectivity index (χ0) is 14.7. The lowest BCUT2D eigenvalue weighted by atomic mass is 10.1. The monoisotopic (exact) mass is 307 g/mol. The maximum absolute atomic E-state index is 12.3. The predicted octanol–water partition coefficient (Wildman–Crippen LogP) is 3.22. The number of nitrogens with zero attached hydrogens (tertiary/aromatic N) is 1. The minimum absolute atomic E-state index is 0.116. The second-order valence-electron chi connectivity index (χ2n) is 5.32. The van der Waals surface area contributed by atoms with Crippen molar-refractivity contribution in [1.82, 2.24) is 4.90 Å². The van der Waals surface area contributed by atoms with Crippen LogP contribution in [0.5, 0.6) is 11.5 Å². The molecule has 0 spiro atoms. The first kappa shape index (κ1) is 14.6. The molecule has 0 saturated carbocycles. The van der Waals surface area contributed by atoms with Gasteiger partial charge in [0.05, 0.1) is 0 Å². The van der Waals surface area contributed by atoms with Crippen molar-refractivity contribution < 1.29 is 14.3 Å². The average molecular weight is 307 g/mol. The smallest absolute Gasteiger partial charge is 0.223 e. The molecular formula is C16H21NO3S. The number of hydrogen-bond acceptors (Lipinski definition) is 4. The minimum atomic E-state index is 0.116. The van der Waals surface area contributed by atoms with Gasteiger partial charge in [-0.15, -0.1) is 11.8 Å². The Morgan fingerprint density at radius 3 is 2.95 bits per heavy atom. The van der Waals surface area contributed by atoms with Crippen molar-refractivity contribution in [3.63, 3.8) is 0 Å². The molecule has 2 aliphatic rings. The van der Waals surface area contributed by atoms with E-state index in [2.05, 4.69) is 13.0 Å². The zero-order valence-electron chi connectivity index (χ0n) is 12.3. The van der Waals surface area contributed by atoms with Crippen LogP contribution in [0.3, 0.4) is 0 Å². The lowest BCUT2D eigenvalue weighted by Crippen LogP contribution is -2.30. The van der Waals surface area contributed by atoms with Crippen molar-refractivity contribution >= 4 is 17.7 Å². The largest absolute Gasteiger partial charge is 0.486 e. The van der Waals surface area contributed by atoms with Gasteiger partial charge in [-0.05, 0) is 24.1 Å². The Kier molecular flexibility index (Phi) is 4.58. The summed E-state index contributed by atoms with van der Waals surface area (Å²) in [6.45, 7) is 4.15. The van der Waals surface area contributed by atoms with Crippen LogP contribution in [0.1, 0.15) is 37.1 Å². The van der Waals surface area contributed by atoms with Crippen molar-refractivity contribution in [3.8, 4) is 11.5 Å². The summed E-state index contributed by atoms with van der Waals surface area (Å²) in [6.07, 6.45) is 2.67. The summed E-state index contributed by atoms with van der Waals surface area (Å²) in [5, 5.41) is 0.116. The molecule has 4 nitrogen and oxygen atoms in total. The Labute approximate surface area is 129 Å². The third kappa shape index (κ3) is 3.12. The van der Waals surface area contributed by atoms with Crippen LogP contribution >= 0.6 is 11.8 Å². The van der Waals surface area contributed by atoms with E-state index in [1.165, 1.54) is 0 Å². The predicted molar refractivity (Wildman–Crippen MR) is 83.9 cm³/mol. The lowest BCUT2D eigenvalue weighted by Gasteiger charge is -2.26. The van der Waals surface area contributed by atoms with Gasteiger partial charge >= 0.3 is 0 Å². The molecule has 1 aromatic carbocycles. The molecule has 1 fully saturated rings. The van der Waals surface area contributed by atoms with Crippen molar-refractivity contribution in [2.75, 3.05) is 25.5 Å². The van der Waals surface area contributed by atoms with E-state index < -0.39 is 0 Å². The van der Waals surface area contributed by atoms with E-state index in [0.717, 1.165) is 42.2 Å². The molecule has 3 rings (SSSR count). The molecule has 114 valence electrons. The summed E-state index contributed by atoms with van der Waals surface area (Å²) in [5.41, 5.74) is 1.13. The highest BCUT2D eigenvalue weighted by Gasteiger charge is 2.31.